The predicted octanol–water partition coefficient (Wildman–Crippen LogP) is -2.41. The third-order valence-electron chi connectivity index (χ3n) is 2.83. The van der Waals surface area contributed by atoms with Gasteiger partial charge < -0.3 is 21.8 Å². The molecule has 0 unspecified atom stereocenters. The SMILES string of the molecule is O=C(OC(=O)Oc1ccc([N+](=O)[O-])cc1)OC(=O)Oc1ccc([N+](=O)[O-])cc1.[H-].[H-].[Na+].[Na+]. The number of hydrogen-bond donors (Lipinski definition) is 0. The van der Waals surface area contributed by atoms with E-state index < -0.39 is 28.3 Å². The van der Waals surface area contributed by atoms with E-state index in [1.807, 2.05) is 0 Å². The van der Waals surface area contributed by atoms with E-state index in [0.29, 0.717) is 0 Å². The van der Waals surface area contributed by atoms with Crippen LogP contribution in [0.4, 0.5) is 25.8 Å². The van der Waals surface area contributed by atoms with Crippen molar-refractivity contribution in [2.24, 2.45) is 0 Å². The second-order valence-electron chi connectivity index (χ2n) is 4.66. The summed E-state index contributed by atoms with van der Waals surface area (Å²) in [6, 6.07) is 8.48. The standard InChI is InChI=1S/C15H8N2O11.2Na.2H/c18-13(25-11-5-1-9(2-6-11)16(21)22)27-15(20)28-14(19)26-12-7-3-10(4-8-12)17(23)24;;;;/h1-8H;;;;/q;2*+1;2*-1. The number of ether oxygens (including phenoxy) is 4. The molecule has 0 atom stereocenters. The number of benzene rings is 2. The average molecular weight is 440 g/mol. The number of carbonyl (C=O) groups excluding carboxylic acids is 3. The van der Waals surface area contributed by atoms with Crippen molar-refractivity contribution in [1.82, 2.24) is 0 Å². The van der Waals surface area contributed by atoms with Gasteiger partial charge in [-0.2, -0.15) is 0 Å². The zero-order valence-corrected chi connectivity index (χ0v) is 19.5. The molecule has 0 aliphatic rings. The van der Waals surface area contributed by atoms with E-state index in [4.69, 9.17) is 0 Å². The third kappa shape index (κ3) is 8.86. The minimum absolute atomic E-state index is 0. The fourth-order valence-electron chi connectivity index (χ4n) is 1.66. The van der Waals surface area contributed by atoms with Crippen molar-refractivity contribution in [3.8, 4) is 11.5 Å². The Kier molecular flexibility index (Phi) is 11.8. The van der Waals surface area contributed by atoms with E-state index in [-0.39, 0.29) is 84.8 Å². The summed E-state index contributed by atoms with van der Waals surface area (Å²) in [7, 11) is 0. The first-order valence-corrected chi connectivity index (χ1v) is 7.07. The molecule has 30 heavy (non-hydrogen) atoms. The van der Waals surface area contributed by atoms with Gasteiger partial charge in [-0.1, -0.05) is 0 Å². The number of carbonyl (C=O) groups is 3. The molecule has 13 nitrogen and oxygen atoms in total. The predicted molar refractivity (Wildman–Crippen MR) is 88.0 cm³/mol. The van der Waals surface area contributed by atoms with Crippen LogP contribution in [0.25, 0.3) is 0 Å². The Morgan fingerprint density at radius 1 is 0.633 bits per heavy atom. The molecule has 0 N–H and O–H groups in total. The number of hydrogen-bond acceptors (Lipinski definition) is 11. The molecule has 0 spiro atoms. The monoisotopic (exact) mass is 440 g/mol. The summed E-state index contributed by atoms with van der Waals surface area (Å²) in [4.78, 5) is 53.7. The van der Waals surface area contributed by atoms with E-state index in [1.165, 1.54) is 0 Å². The summed E-state index contributed by atoms with van der Waals surface area (Å²) in [5.74, 6) is -0.339. The first-order valence-electron chi connectivity index (χ1n) is 7.07. The molecule has 2 aromatic rings. The van der Waals surface area contributed by atoms with E-state index in [2.05, 4.69) is 18.9 Å². The van der Waals surface area contributed by atoms with Crippen LogP contribution in [0.15, 0.2) is 48.5 Å². The van der Waals surface area contributed by atoms with E-state index >= 15 is 0 Å². The topological polar surface area (TPSA) is 174 Å². The molecule has 0 fully saturated rings. The third-order valence-corrected chi connectivity index (χ3v) is 2.83. The van der Waals surface area contributed by atoms with Gasteiger partial charge >= 0.3 is 77.6 Å². The molecular formula is C15H10N2Na2O11. The fourth-order valence-corrected chi connectivity index (χ4v) is 1.66. The minimum atomic E-state index is -1.76. The summed E-state index contributed by atoms with van der Waals surface area (Å²) in [5, 5.41) is 21.0. The van der Waals surface area contributed by atoms with Crippen LogP contribution in [0.1, 0.15) is 2.85 Å². The van der Waals surface area contributed by atoms with Gasteiger partial charge in [0.25, 0.3) is 11.4 Å². The van der Waals surface area contributed by atoms with Crippen LogP contribution in [-0.2, 0) is 9.47 Å². The Balaban J connectivity index is -0.00000210. The van der Waals surface area contributed by atoms with Crippen molar-refractivity contribution in [3.05, 3.63) is 68.8 Å². The summed E-state index contributed by atoms with van der Waals surface area (Å²) in [6.07, 6.45) is -4.90. The Hall–Kier alpha value is -2.55. The van der Waals surface area contributed by atoms with Crippen LogP contribution in [0.3, 0.4) is 0 Å². The van der Waals surface area contributed by atoms with E-state index in [1.54, 1.807) is 0 Å². The summed E-state index contributed by atoms with van der Waals surface area (Å²) in [5.41, 5.74) is -0.511. The molecule has 0 amide bonds. The number of nitro benzene ring substituents is 2. The van der Waals surface area contributed by atoms with Crippen molar-refractivity contribution in [2.45, 2.75) is 0 Å². The van der Waals surface area contributed by atoms with Gasteiger partial charge in [0.2, 0.25) is 0 Å². The Bertz CT molecular complexity index is 868. The number of nitro groups is 2. The molecule has 0 aliphatic heterocycles. The minimum Gasteiger partial charge on any atom is -1.00 e. The first kappa shape index (κ1) is 27.5. The molecule has 0 heterocycles. The normalized spacial score (nSPS) is 9.07. The van der Waals surface area contributed by atoms with E-state index in [9.17, 15) is 34.6 Å². The van der Waals surface area contributed by atoms with Crippen LogP contribution >= 0.6 is 0 Å². The van der Waals surface area contributed by atoms with Gasteiger partial charge in [0.15, 0.2) is 0 Å². The maximum absolute atomic E-state index is 11.4. The van der Waals surface area contributed by atoms with Crippen molar-refractivity contribution < 1.29 is 105 Å². The maximum Gasteiger partial charge on any atom is 1.00 e. The van der Waals surface area contributed by atoms with Crippen LogP contribution in [0.2, 0.25) is 0 Å². The summed E-state index contributed by atoms with van der Waals surface area (Å²) in [6.45, 7) is 0. The van der Waals surface area contributed by atoms with Crippen molar-refractivity contribution in [3.63, 3.8) is 0 Å². The molecule has 0 aliphatic carbocycles. The second kappa shape index (κ2) is 12.9. The van der Waals surface area contributed by atoms with Gasteiger partial charge in [0.1, 0.15) is 11.5 Å². The molecule has 2 rings (SSSR count). The molecule has 0 saturated carbocycles. The van der Waals surface area contributed by atoms with Crippen LogP contribution in [-0.4, -0.2) is 28.3 Å². The smallest absolute Gasteiger partial charge is 1.00 e. The molecule has 0 saturated heterocycles. The summed E-state index contributed by atoms with van der Waals surface area (Å²) >= 11 is 0. The number of rotatable bonds is 4. The van der Waals surface area contributed by atoms with Crippen molar-refractivity contribution >= 4 is 29.8 Å². The van der Waals surface area contributed by atoms with Crippen LogP contribution < -0.4 is 68.6 Å². The molecule has 15 heteroatoms. The van der Waals surface area contributed by atoms with Crippen LogP contribution in [0, 0.1) is 20.2 Å². The largest absolute Gasteiger partial charge is 1.00 e. The zero-order valence-electron chi connectivity index (χ0n) is 17.5. The Morgan fingerprint density at radius 2 is 0.933 bits per heavy atom. The van der Waals surface area contributed by atoms with Crippen molar-refractivity contribution in [2.75, 3.05) is 0 Å². The Labute approximate surface area is 214 Å². The quantitative estimate of drug-likeness (QED) is 0.124. The first-order chi connectivity index (χ1) is 13.2. The van der Waals surface area contributed by atoms with Crippen molar-refractivity contribution in [1.29, 1.82) is 0 Å². The van der Waals surface area contributed by atoms with E-state index in [0.717, 1.165) is 48.5 Å². The van der Waals surface area contributed by atoms with Gasteiger partial charge in [-0.25, -0.2) is 14.4 Å². The molecule has 0 radical (unpaired) electrons. The van der Waals surface area contributed by atoms with Gasteiger partial charge in [0, 0.05) is 24.3 Å². The van der Waals surface area contributed by atoms with Gasteiger partial charge in [0.05, 0.1) is 9.85 Å². The summed E-state index contributed by atoms with van der Waals surface area (Å²) < 4.78 is 17.2. The maximum atomic E-state index is 11.4. The number of non-ortho nitro benzene ring substituents is 2. The fraction of sp³-hybridized carbons (Fsp3) is 0. The second-order valence-corrected chi connectivity index (χ2v) is 4.66. The Morgan fingerprint density at radius 3 is 1.20 bits per heavy atom. The molecule has 148 valence electrons. The van der Waals surface area contributed by atoms with Crippen LogP contribution in [0.5, 0.6) is 11.5 Å². The molecule has 0 bridgehead atoms. The average Bonchev–Trinajstić information content (AvgIpc) is 2.62. The molecular weight excluding hydrogens is 430 g/mol. The van der Waals surface area contributed by atoms with Gasteiger partial charge in [-0.15, -0.1) is 0 Å². The molecule has 2 aromatic carbocycles. The zero-order chi connectivity index (χ0) is 20.7. The number of nitrogens with zero attached hydrogens (tertiary/aromatic N) is 2. The van der Waals surface area contributed by atoms with Gasteiger partial charge in [-0.05, 0) is 24.3 Å². The molecule has 0 aromatic heterocycles. The van der Waals surface area contributed by atoms with Gasteiger partial charge in [-0.3, -0.25) is 20.2 Å².